The predicted molar refractivity (Wildman–Crippen MR) is 85.0 cm³/mol. The van der Waals surface area contributed by atoms with Gasteiger partial charge in [-0.15, -0.1) is 0 Å². The summed E-state index contributed by atoms with van der Waals surface area (Å²) in [6.45, 7) is 1.63. The molecule has 2 aromatic carbocycles. The van der Waals surface area contributed by atoms with Crippen molar-refractivity contribution in [1.29, 1.82) is 0 Å². The lowest BCUT2D eigenvalue weighted by Gasteiger charge is -2.19. The molecule has 0 unspecified atom stereocenters. The first-order valence-electron chi connectivity index (χ1n) is 6.83. The second-order valence-corrected chi connectivity index (χ2v) is 5.04. The Morgan fingerprint density at radius 1 is 0.800 bits per heavy atom. The summed E-state index contributed by atoms with van der Waals surface area (Å²) in [5, 5.41) is 0. The molecule has 3 nitrogen and oxygen atoms in total. The van der Waals surface area contributed by atoms with Gasteiger partial charge in [-0.25, -0.2) is 0 Å². The third kappa shape index (κ3) is 4.00. The van der Waals surface area contributed by atoms with Crippen LogP contribution in [-0.2, 0) is 0 Å². The maximum absolute atomic E-state index is 5.70. The van der Waals surface area contributed by atoms with Gasteiger partial charge in [0.05, 0.1) is 0 Å². The lowest BCUT2D eigenvalue weighted by molar-refractivity contribution is 0.261. The Hall–Kier alpha value is -2.00. The number of likely N-dealkylation sites (N-methyl/N-ethyl adjacent to an activating group) is 1. The van der Waals surface area contributed by atoms with Crippen LogP contribution in [0.25, 0.3) is 0 Å². The average molecular weight is 270 g/mol. The van der Waals surface area contributed by atoms with Gasteiger partial charge in [0.1, 0.15) is 12.4 Å². The third-order valence-corrected chi connectivity index (χ3v) is 3.17. The molecule has 0 N–H and O–H groups in total. The summed E-state index contributed by atoms with van der Waals surface area (Å²) in [5.74, 6) is 0.914. The minimum absolute atomic E-state index is 0.709. The summed E-state index contributed by atoms with van der Waals surface area (Å²) >= 11 is 0. The third-order valence-electron chi connectivity index (χ3n) is 3.17. The Bertz CT molecular complexity index is 508. The van der Waals surface area contributed by atoms with Gasteiger partial charge < -0.3 is 14.5 Å². The van der Waals surface area contributed by atoms with E-state index in [2.05, 4.69) is 41.1 Å². The Balaban J connectivity index is 1.97. The molecule has 0 aliphatic carbocycles. The fourth-order valence-corrected chi connectivity index (χ4v) is 1.91. The summed E-state index contributed by atoms with van der Waals surface area (Å²) in [5.41, 5.74) is 2.32. The molecule has 2 aromatic rings. The van der Waals surface area contributed by atoms with E-state index in [1.54, 1.807) is 0 Å². The monoisotopic (exact) mass is 270 g/mol. The average Bonchev–Trinajstić information content (AvgIpc) is 2.48. The number of nitrogens with zero attached hydrogens (tertiary/aromatic N) is 2. The minimum atomic E-state index is 0.709. The largest absolute Gasteiger partial charge is 0.492 e. The zero-order chi connectivity index (χ0) is 14.4. The normalized spacial score (nSPS) is 10.6. The van der Waals surface area contributed by atoms with E-state index in [1.165, 1.54) is 5.69 Å². The lowest BCUT2D eigenvalue weighted by atomic mass is 10.2. The highest BCUT2D eigenvalue weighted by atomic mass is 16.5. The number of hydrogen-bond acceptors (Lipinski definition) is 3. The fraction of sp³-hybridized carbons (Fsp3) is 0.294. The molecule has 3 heteroatoms. The van der Waals surface area contributed by atoms with E-state index < -0.39 is 0 Å². The molecule has 106 valence electrons. The molecule has 0 aliphatic heterocycles. The molecule has 0 bridgehead atoms. The van der Waals surface area contributed by atoms with Crippen molar-refractivity contribution in [2.45, 2.75) is 0 Å². The van der Waals surface area contributed by atoms with Crippen LogP contribution < -0.4 is 9.64 Å². The van der Waals surface area contributed by atoms with E-state index in [0.717, 1.165) is 18.0 Å². The van der Waals surface area contributed by atoms with Crippen LogP contribution in [0.4, 0.5) is 11.4 Å². The van der Waals surface area contributed by atoms with Gasteiger partial charge in [0.15, 0.2) is 0 Å². The van der Waals surface area contributed by atoms with Gasteiger partial charge in [-0.1, -0.05) is 18.2 Å². The Kier molecular flexibility index (Phi) is 5.02. The molecule has 2 rings (SSSR count). The Morgan fingerprint density at radius 3 is 2.00 bits per heavy atom. The molecule has 0 fully saturated rings. The highest BCUT2D eigenvalue weighted by molar-refractivity contribution is 5.62. The van der Waals surface area contributed by atoms with E-state index in [0.29, 0.717) is 6.61 Å². The number of benzene rings is 2. The van der Waals surface area contributed by atoms with Crippen LogP contribution >= 0.6 is 0 Å². The van der Waals surface area contributed by atoms with Gasteiger partial charge in [-0.05, 0) is 50.5 Å². The SMILES string of the molecule is CN(C)CCOc1ccc(N(C)c2ccccc2)cc1. The van der Waals surface area contributed by atoms with Crippen LogP contribution in [0.3, 0.4) is 0 Å². The quantitative estimate of drug-likeness (QED) is 0.800. The van der Waals surface area contributed by atoms with Crippen molar-refractivity contribution in [3.05, 3.63) is 54.6 Å². The van der Waals surface area contributed by atoms with Crippen molar-refractivity contribution in [3.8, 4) is 5.75 Å². The highest BCUT2D eigenvalue weighted by Crippen LogP contribution is 2.25. The molecule has 0 saturated heterocycles. The van der Waals surface area contributed by atoms with Gasteiger partial charge in [0.2, 0.25) is 0 Å². The molecular weight excluding hydrogens is 248 g/mol. The molecule has 0 radical (unpaired) electrons. The fourth-order valence-electron chi connectivity index (χ4n) is 1.91. The summed E-state index contributed by atoms with van der Waals surface area (Å²) in [6, 6.07) is 18.5. The van der Waals surface area contributed by atoms with Crippen molar-refractivity contribution >= 4 is 11.4 Å². The van der Waals surface area contributed by atoms with Crippen LogP contribution in [-0.4, -0.2) is 39.2 Å². The lowest BCUT2D eigenvalue weighted by Crippen LogP contribution is -2.19. The molecule has 20 heavy (non-hydrogen) atoms. The van der Waals surface area contributed by atoms with Gasteiger partial charge in [0.25, 0.3) is 0 Å². The standard InChI is InChI=1S/C17H22N2O/c1-18(2)13-14-20-17-11-9-16(10-12-17)19(3)15-7-5-4-6-8-15/h4-12H,13-14H2,1-3H3. The van der Waals surface area contributed by atoms with Gasteiger partial charge in [-0.2, -0.15) is 0 Å². The second kappa shape index (κ2) is 6.96. The molecule has 0 spiro atoms. The maximum Gasteiger partial charge on any atom is 0.119 e. The first-order valence-corrected chi connectivity index (χ1v) is 6.83. The topological polar surface area (TPSA) is 15.7 Å². The van der Waals surface area contributed by atoms with Crippen molar-refractivity contribution in [1.82, 2.24) is 4.90 Å². The molecule has 0 amide bonds. The van der Waals surface area contributed by atoms with Crippen molar-refractivity contribution in [2.24, 2.45) is 0 Å². The first-order chi connectivity index (χ1) is 9.66. The van der Waals surface area contributed by atoms with E-state index >= 15 is 0 Å². The van der Waals surface area contributed by atoms with Gasteiger partial charge in [0, 0.05) is 25.0 Å². The summed E-state index contributed by atoms with van der Waals surface area (Å²) in [4.78, 5) is 4.27. The van der Waals surface area contributed by atoms with E-state index in [1.807, 2.05) is 44.4 Å². The summed E-state index contributed by atoms with van der Waals surface area (Å²) < 4.78 is 5.70. The number of para-hydroxylation sites is 1. The number of ether oxygens (including phenoxy) is 1. The second-order valence-electron chi connectivity index (χ2n) is 5.04. The van der Waals surface area contributed by atoms with Crippen molar-refractivity contribution in [3.63, 3.8) is 0 Å². The number of hydrogen-bond donors (Lipinski definition) is 0. The van der Waals surface area contributed by atoms with Gasteiger partial charge in [-0.3, -0.25) is 0 Å². The van der Waals surface area contributed by atoms with Crippen LogP contribution in [0.5, 0.6) is 5.75 Å². The molecule has 0 atom stereocenters. The highest BCUT2D eigenvalue weighted by Gasteiger charge is 2.03. The van der Waals surface area contributed by atoms with E-state index in [9.17, 15) is 0 Å². The number of rotatable bonds is 6. The maximum atomic E-state index is 5.70. The summed E-state index contributed by atoms with van der Waals surface area (Å²) in [6.07, 6.45) is 0. The first kappa shape index (κ1) is 14.4. The molecule has 0 heterocycles. The number of anilines is 2. The van der Waals surface area contributed by atoms with E-state index in [4.69, 9.17) is 4.74 Å². The summed E-state index contributed by atoms with van der Waals surface area (Å²) in [7, 11) is 6.15. The van der Waals surface area contributed by atoms with Crippen molar-refractivity contribution < 1.29 is 4.74 Å². The molecule has 0 aromatic heterocycles. The molecular formula is C17H22N2O. The Labute approximate surface area is 121 Å². The van der Waals surface area contributed by atoms with Crippen LogP contribution in [0.15, 0.2) is 54.6 Å². The smallest absolute Gasteiger partial charge is 0.119 e. The predicted octanol–water partition coefficient (Wildman–Crippen LogP) is 3.39. The van der Waals surface area contributed by atoms with Gasteiger partial charge >= 0.3 is 0 Å². The minimum Gasteiger partial charge on any atom is -0.492 e. The molecule has 0 saturated carbocycles. The van der Waals surface area contributed by atoms with Crippen LogP contribution in [0.1, 0.15) is 0 Å². The zero-order valence-corrected chi connectivity index (χ0v) is 12.4. The van der Waals surface area contributed by atoms with Crippen LogP contribution in [0, 0.1) is 0 Å². The Morgan fingerprint density at radius 2 is 1.40 bits per heavy atom. The van der Waals surface area contributed by atoms with Crippen molar-refractivity contribution in [2.75, 3.05) is 39.2 Å². The molecule has 0 aliphatic rings. The zero-order valence-electron chi connectivity index (χ0n) is 12.4. The van der Waals surface area contributed by atoms with E-state index in [-0.39, 0.29) is 0 Å². The van der Waals surface area contributed by atoms with Crippen LogP contribution in [0.2, 0.25) is 0 Å².